The highest BCUT2D eigenvalue weighted by atomic mass is 16.2. The molecule has 1 fully saturated rings. The van der Waals surface area contributed by atoms with E-state index in [2.05, 4.69) is 5.10 Å². The first-order valence-corrected chi connectivity index (χ1v) is 7.30. The van der Waals surface area contributed by atoms with Gasteiger partial charge in [-0.05, 0) is 49.6 Å². The molecule has 1 aliphatic rings. The molecule has 110 valence electrons. The van der Waals surface area contributed by atoms with E-state index >= 15 is 0 Å². The Labute approximate surface area is 124 Å². The lowest BCUT2D eigenvalue weighted by Gasteiger charge is -2.30. The molecule has 5 nitrogen and oxygen atoms in total. The summed E-state index contributed by atoms with van der Waals surface area (Å²) >= 11 is 0. The van der Waals surface area contributed by atoms with Gasteiger partial charge in [0, 0.05) is 30.9 Å². The van der Waals surface area contributed by atoms with Crippen LogP contribution in [0.4, 0.5) is 0 Å². The van der Waals surface area contributed by atoms with Gasteiger partial charge in [0.15, 0.2) is 0 Å². The number of carbonyl (C=O) groups is 1. The Kier molecular flexibility index (Phi) is 3.75. The molecule has 21 heavy (non-hydrogen) atoms. The fourth-order valence-electron chi connectivity index (χ4n) is 2.69. The van der Waals surface area contributed by atoms with Gasteiger partial charge in [-0.15, -0.1) is 0 Å². The van der Waals surface area contributed by atoms with Gasteiger partial charge in [-0.3, -0.25) is 4.79 Å². The number of hydrogen-bond acceptors (Lipinski definition) is 3. The van der Waals surface area contributed by atoms with Crippen LogP contribution in [0.1, 0.15) is 28.8 Å². The first-order chi connectivity index (χ1) is 10.1. The predicted octanol–water partition coefficient (Wildman–Crippen LogP) is 1.74. The highest BCUT2D eigenvalue weighted by Crippen LogP contribution is 2.15. The Hall–Kier alpha value is -2.14. The maximum absolute atomic E-state index is 12.4. The van der Waals surface area contributed by atoms with Crippen LogP contribution in [-0.4, -0.2) is 39.7 Å². The molecule has 1 amide bonds. The molecular formula is C16H20N4O. The molecule has 0 aliphatic carbocycles. The number of benzene rings is 1. The van der Waals surface area contributed by atoms with Crippen LogP contribution in [0.2, 0.25) is 0 Å². The van der Waals surface area contributed by atoms with Gasteiger partial charge in [0.05, 0.1) is 11.9 Å². The second-order valence-electron chi connectivity index (χ2n) is 5.66. The SMILES string of the molecule is Cc1cnn(-c2ccc(C(=O)N3CCCC(N)C3)cc2)c1. The highest BCUT2D eigenvalue weighted by Gasteiger charge is 2.22. The minimum atomic E-state index is 0.0633. The Morgan fingerprint density at radius 2 is 2.10 bits per heavy atom. The van der Waals surface area contributed by atoms with Crippen molar-refractivity contribution in [3.8, 4) is 5.69 Å². The van der Waals surface area contributed by atoms with Gasteiger partial charge in [-0.2, -0.15) is 5.10 Å². The molecule has 0 saturated carbocycles. The lowest BCUT2D eigenvalue weighted by atomic mass is 10.1. The fourth-order valence-corrected chi connectivity index (χ4v) is 2.69. The van der Waals surface area contributed by atoms with E-state index in [1.54, 1.807) is 4.68 Å². The summed E-state index contributed by atoms with van der Waals surface area (Å²) in [4.78, 5) is 14.3. The minimum Gasteiger partial charge on any atom is -0.337 e. The van der Waals surface area contributed by atoms with E-state index in [-0.39, 0.29) is 11.9 Å². The van der Waals surface area contributed by atoms with E-state index in [1.807, 2.05) is 48.5 Å². The number of aryl methyl sites for hydroxylation is 1. The Balaban J connectivity index is 1.76. The number of carbonyl (C=O) groups excluding carboxylic acids is 1. The summed E-state index contributed by atoms with van der Waals surface area (Å²) in [6.07, 6.45) is 5.76. The zero-order valence-corrected chi connectivity index (χ0v) is 12.2. The van der Waals surface area contributed by atoms with E-state index in [1.165, 1.54) is 0 Å². The van der Waals surface area contributed by atoms with E-state index in [9.17, 15) is 4.79 Å². The van der Waals surface area contributed by atoms with Crippen molar-refractivity contribution in [3.63, 3.8) is 0 Å². The van der Waals surface area contributed by atoms with Crippen molar-refractivity contribution in [1.29, 1.82) is 0 Å². The number of piperidine rings is 1. The minimum absolute atomic E-state index is 0.0633. The predicted molar refractivity (Wildman–Crippen MR) is 81.4 cm³/mol. The highest BCUT2D eigenvalue weighted by molar-refractivity contribution is 5.94. The Morgan fingerprint density at radius 1 is 1.33 bits per heavy atom. The molecule has 0 spiro atoms. The van der Waals surface area contributed by atoms with Gasteiger partial charge in [0.1, 0.15) is 0 Å². The van der Waals surface area contributed by atoms with Crippen molar-refractivity contribution < 1.29 is 4.79 Å². The van der Waals surface area contributed by atoms with Gasteiger partial charge in [0.2, 0.25) is 0 Å². The van der Waals surface area contributed by atoms with Crippen molar-refractivity contribution in [2.24, 2.45) is 5.73 Å². The van der Waals surface area contributed by atoms with Gasteiger partial charge in [-0.1, -0.05) is 0 Å². The second-order valence-corrected chi connectivity index (χ2v) is 5.66. The summed E-state index contributed by atoms with van der Waals surface area (Å²) < 4.78 is 1.81. The van der Waals surface area contributed by atoms with Crippen LogP contribution in [0.25, 0.3) is 5.69 Å². The molecule has 1 unspecified atom stereocenters. The average Bonchev–Trinajstić information content (AvgIpc) is 2.93. The van der Waals surface area contributed by atoms with Gasteiger partial charge in [-0.25, -0.2) is 4.68 Å². The molecule has 1 atom stereocenters. The molecule has 0 radical (unpaired) electrons. The van der Waals surface area contributed by atoms with Crippen molar-refractivity contribution in [2.45, 2.75) is 25.8 Å². The lowest BCUT2D eigenvalue weighted by molar-refractivity contribution is 0.0709. The van der Waals surface area contributed by atoms with Crippen molar-refractivity contribution >= 4 is 5.91 Å². The smallest absolute Gasteiger partial charge is 0.253 e. The van der Waals surface area contributed by atoms with Crippen molar-refractivity contribution in [3.05, 3.63) is 47.8 Å². The van der Waals surface area contributed by atoms with Crippen LogP contribution >= 0.6 is 0 Å². The molecule has 5 heteroatoms. The van der Waals surface area contributed by atoms with E-state index in [4.69, 9.17) is 5.73 Å². The number of likely N-dealkylation sites (tertiary alicyclic amines) is 1. The Bertz CT molecular complexity index is 632. The maximum Gasteiger partial charge on any atom is 0.253 e. The van der Waals surface area contributed by atoms with Crippen LogP contribution in [-0.2, 0) is 0 Å². The first kappa shape index (κ1) is 13.8. The average molecular weight is 284 g/mol. The van der Waals surface area contributed by atoms with Crippen LogP contribution < -0.4 is 5.73 Å². The molecule has 1 aliphatic heterocycles. The third-order valence-corrected chi connectivity index (χ3v) is 3.84. The third-order valence-electron chi connectivity index (χ3n) is 3.84. The van der Waals surface area contributed by atoms with Crippen molar-refractivity contribution in [1.82, 2.24) is 14.7 Å². The molecule has 1 aromatic carbocycles. The Morgan fingerprint density at radius 3 is 2.71 bits per heavy atom. The van der Waals surface area contributed by atoms with E-state index < -0.39 is 0 Å². The second kappa shape index (κ2) is 5.69. The summed E-state index contributed by atoms with van der Waals surface area (Å²) in [6, 6.07) is 7.66. The van der Waals surface area contributed by atoms with Crippen LogP contribution in [0.5, 0.6) is 0 Å². The van der Waals surface area contributed by atoms with E-state index in [0.717, 1.165) is 30.6 Å². The van der Waals surface area contributed by atoms with Crippen LogP contribution in [0.3, 0.4) is 0 Å². The lowest BCUT2D eigenvalue weighted by Crippen LogP contribution is -2.45. The molecule has 2 N–H and O–H groups in total. The summed E-state index contributed by atoms with van der Waals surface area (Å²) in [5, 5.41) is 4.27. The standard InChI is InChI=1S/C16H20N4O/c1-12-9-18-20(10-12)15-6-4-13(5-7-15)16(21)19-8-2-3-14(17)11-19/h4-7,9-10,14H,2-3,8,11,17H2,1H3. The molecule has 1 aromatic heterocycles. The van der Waals surface area contributed by atoms with Gasteiger partial charge < -0.3 is 10.6 Å². The molecular weight excluding hydrogens is 264 g/mol. The summed E-state index contributed by atoms with van der Waals surface area (Å²) in [7, 11) is 0. The van der Waals surface area contributed by atoms with Gasteiger partial charge >= 0.3 is 0 Å². The van der Waals surface area contributed by atoms with E-state index in [0.29, 0.717) is 12.1 Å². The number of aromatic nitrogens is 2. The van der Waals surface area contributed by atoms with Crippen LogP contribution in [0, 0.1) is 6.92 Å². The number of rotatable bonds is 2. The first-order valence-electron chi connectivity index (χ1n) is 7.30. The number of nitrogens with zero attached hydrogens (tertiary/aromatic N) is 3. The summed E-state index contributed by atoms with van der Waals surface area (Å²) in [5.41, 5.74) is 8.71. The zero-order chi connectivity index (χ0) is 14.8. The molecule has 1 saturated heterocycles. The quantitative estimate of drug-likeness (QED) is 0.913. The summed E-state index contributed by atoms with van der Waals surface area (Å²) in [5.74, 6) is 0.0633. The number of nitrogens with two attached hydrogens (primary N) is 1. The fraction of sp³-hybridized carbons (Fsp3) is 0.375. The van der Waals surface area contributed by atoms with Crippen molar-refractivity contribution in [2.75, 3.05) is 13.1 Å². The normalized spacial score (nSPS) is 18.8. The third kappa shape index (κ3) is 2.97. The van der Waals surface area contributed by atoms with Crippen LogP contribution in [0.15, 0.2) is 36.7 Å². The largest absolute Gasteiger partial charge is 0.337 e. The number of hydrogen-bond donors (Lipinski definition) is 1. The molecule has 3 rings (SSSR count). The molecule has 2 heterocycles. The molecule has 2 aromatic rings. The molecule has 0 bridgehead atoms. The van der Waals surface area contributed by atoms with Gasteiger partial charge in [0.25, 0.3) is 5.91 Å². The monoisotopic (exact) mass is 284 g/mol. The number of amides is 1. The maximum atomic E-state index is 12.4. The zero-order valence-electron chi connectivity index (χ0n) is 12.2. The summed E-state index contributed by atoms with van der Waals surface area (Å²) in [6.45, 7) is 3.45. The topological polar surface area (TPSA) is 64.2 Å².